The van der Waals surface area contributed by atoms with Crippen molar-refractivity contribution in [2.45, 2.75) is 11.4 Å². The van der Waals surface area contributed by atoms with Crippen LogP contribution in [0.5, 0.6) is 0 Å². The fourth-order valence-corrected chi connectivity index (χ4v) is 3.07. The van der Waals surface area contributed by atoms with Gasteiger partial charge >= 0.3 is 0 Å². The third-order valence-corrected chi connectivity index (χ3v) is 4.63. The molecule has 2 rings (SSSR count). The molecule has 0 atom stereocenters. The molecular weight excluding hydrogens is 286 g/mol. The van der Waals surface area contributed by atoms with E-state index in [1.54, 1.807) is 11.3 Å². The van der Waals surface area contributed by atoms with Gasteiger partial charge in [-0.3, -0.25) is 4.79 Å². The zero-order valence-electron chi connectivity index (χ0n) is 9.56. The molecule has 94 valence electrons. The normalized spacial score (nSPS) is 10.3. The fourth-order valence-electron chi connectivity index (χ4n) is 1.35. The van der Waals surface area contributed by atoms with Crippen LogP contribution in [0.15, 0.2) is 46.7 Å². The molecule has 0 fully saturated rings. The molecule has 1 heterocycles. The molecule has 0 aliphatic carbocycles. The monoisotopic (exact) mass is 297 g/mol. The minimum absolute atomic E-state index is 0.0216. The van der Waals surface area contributed by atoms with Gasteiger partial charge in [0.2, 0.25) is 5.91 Å². The number of thiophene rings is 1. The van der Waals surface area contributed by atoms with Crippen molar-refractivity contribution in [1.82, 2.24) is 5.32 Å². The second-order valence-corrected chi connectivity index (χ2v) is 6.03. The van der Waals surface area contributed by atoms with Crippen LogP contribution in [0.2, 0.25) is 5.02 Å². The van der Waals surface area contributed by atoms with Crippen molar-refractivity contribution in [1.29, 1.82) is 0 Å². The molecule has 1 aromatic carbocycles. The molecule has 18 heavy (non-hydrogen) atoms. The van der Waals surface area contributed by atoms with Crippen molar-refractivity contribution >= 4 is 40.6 Å². The van der Waals surface area contributed by atoms with E-state index in [0.29, 0.717) is 17.3 Å². The van der Waals surface area contributed by atoms with Crippen LogP contribution in [0.4, 0.5) is 0 Å². The molecule has 0 aliphatic rings. The van der Waals surface area contributed by atoms with Gasteiger partial charge in [0.05, 0.1) is 17.3 Å². The van der Waals surface area contributed by atoms with E-state index in [1.165, 1.54) is 11.8 Å². The van der Waals surface area contributed by atoms with Crippen LogP contribution >= 0.6 is 34.7 Å². The topological polar surface area (TPSA) is 29.1 Å². The number of hydrogen-bond donors (Lipinski definition) is 1. The Morgan fingerprint density at radius 3 is 2.83 bits per heavy atom. The number of carbonyl (C=O) groups is 1. The van der Waals surface area contributed by atoms with Crippen LogP contribution in [0.3, 0.4) is 0 Å². The van der Waals surface area contributed by atoms with Gasteiger partial charge in [-0.05, 0) is 23.6 Å². The number of rotatable bonds is 5. The maximum Gasteiger partial charge on any atom is 0.230 e. The first-order valence-electron chi connectivity index (χ1n) is 5.42. The summed E-state index contributed by atoms with van der Waals surface area (Å²) in [5, 5.41) is 5.57. The lowest BCUT2D eigenvalue weighted by Gasteiger charge is -2.05. The Hall–Kier alpha value is -0.970. The van der Waals surface area contributed by atoms with Crippen LogP contribution in [0, 0.1) is 0 Å². The lowest BCUT2D eigenvalue weighted by Crippen LogP contribution is -2.24. The summed E-state index contributed by atoms with van der Waals surface area (Å²) >= 11 is 9.11. The molecule has 1 amide bonds. The van der Waals surface area contributed by atoms with Gasteiger partial charge < -0.3 is 5.32 Å². The van der Waals surface area contributed by atoms with Crippen LogP contribution in [-0.4, -0.2) is 11.7 Å². The summed E-state index contributed by atoms with van der Waals surface area (Å²) in [6.07, 6.45) is 0. The van der Waals surface area contributed by atoms with E-state index in [2.05, 4.69) is 5.32 Å². The van der Waals surface area contributed by atoms with E-state index < -0.39 is 0 Å². The van der Waals surface area contributed by atoms with Crippen molar-refractivity contribution in [2.75, 3.05) is 5.75 Å². The largest absolute Gasteiger partial charge is 0.350 e. The highest BCUT2D eigenvalue weighted by molar-refractivity contribution is 8.00. The number of nitrogens with one attached hydrogen (secondary N) is 1. The highest BCUT2D eigenvalue weighted by Gasteiger charge is 2.05. The van der Waals surface area contributed by atoms with Gasteiger partial charge in [-0.25, -0.2) is 0 Å². The molecule has 0 bridgehead atoms. The Labute approximate surface area is 119 Å². The molecule has 2 aromatic rings. The lowest BCUT2D eigenvalue weighted by molar-refractivity contribution is -0.118. The molecular formula is C13H12ClNOS2. The molecule has 0 saturated heterocycles. The number of benzene rings is 1. The summed E-state index contributed by atoms with van der Waals surface area (Å²) < 4.78 is 0. The summed E-state index contributed by atoms with van der Waals surface area (Å²) in [5.74, 6) is 0.406. The molecule has 5 heteroatoms. The Morgan fingerprint density at radius 2 is 2.11 bits per heavy atom. The highest BCUT2D eigenvalue weighted by Crippen LogP contribution is 2.26. The Bertz CT molecular complexity index is 513. The summed E-state index contributed by atoms with van der Waals surface area (Å²) in [5.41, 5.74) is 0. The van der Waals surface area contributed by atoms with E-state index >= 15 is 0 Å². The Kier molecular flexibility index (Phi) is 5.11. The molecule has 0 unspecified atom stereocenters. The van der Waals surface area contributed by atoms with E-state index in [4.69, 9.17) is 11.6 Å². The number of amides is 1. The van der Waals surface area contributed by atoms with Gasteiger partial charge in [-0.2, -0.15) is 0 Å². The Balaban J connectivity index is 1.77. The second kappa shape index (κ2) is 6.83. The summed E-state index contributed by atoms with van der Waals surface area (Å²) in [4.78, 5) is 13.7. The van der Waals surface area contributed by atoms with Crippen LogP contribution < -0.4 is 5.32 Å². The molecule has 2 nitrogen and oxygen atoms in total. The quantitative estimate of drug-likeness (QED) is 0.850. The van der Waals surface area contributed by atoms with Crippen molar-refractivity contribution in [2.24, 2.45) is 0 Å². The maximum absolute atomic E-state index is 11.7. The summed E-state index contributed by atoms with van der Waals surface area (Å²) in [6.45, 7) is 0.597. The average molecular weight is 298 g/mol. The number of halogens is 1. The van der Waals surface area contributed by atoms with E-state index in [1.807, 2.05) is 41.8 Å². The molecule has 0 radical (unpaired) electrons. The first-order valence-corrected chi connectivity index (χ1v) is 7.66. The third-order valence-electron chi connectivity index (χ3n) is 2.24. The SMILES string of the molecule is O=C(CSc1ccccc1Cl)NCc1cccs1. The zero-order chi connectivity index (χ0) is 12.8. The minimum atomic E-state index is 0.0216. The molecule has 0 aliphatic heterocycles. The molecule has 1 aromatic heterocycles. The van der Waals surface area contributed by atoms with Crippen LogP contribution in [0.25, 0.3) is 0 Å². The fraction of sp³-hybridized carbons (Fsp3) is 0.154. The summed E-state index contributed by atoms with van der Waals surface area (Å²) in [7, 11) is 0. The standard InChI is InChI=1S/C13H12ClNOS2/c14-11-5-1-2-6-12(11)18-9-13(16)15-8-10-4-3-7-17-10/h1-7H,8-9H2,(H,15,16). The smallest absolute Gasteiger partial charge is 0.230 e. The highest BCUT2D eigenvalue weighted by atomic mass is 35.5. The van der Waals surface area contributed by atoms with Gasteiger partial charge in [0.15, 0.2) is 0 Å². The minimum Gasteiger partial charge on any atom is -0.350 e. The average Bonchev–Trinajstić information content (AvgIpc) is 2.88. The van der Waals surface area contributed by atoms with Crippen molar-refractivity contribution < 1.29 is 4.79 Å². The third kappa shape index (κ3) is 4.05. The molecule has 0 spiro atoms. The number of hydrogen-bond acceptors (Lipinski definition) is 3. The maximum atomic E-state index is 11.7. The predicted octanol–water partition coefficient (Wildman–Crippen LogP) is 3.81. The number of carbonyl (C=O) groups excluding carboxylic acids is 1. The van der Waals surface area contributed by atoms with Gasteiger partial charge in [0.1, 0.15) is 0 Å². The van der Waals surface area contributed by atoms with Crippen molar-refractivity contribution in [3.8, 4) is 0 Å². The van der Waals surface area contributed by atoms with Crippen LogP contribution in [-0.2, 0) is 11.3 Å². The predicted molar refractivity (Wildman–Crippen MR) is 78.3 cm³/mol. The first-order chi connectivity index (χ1) is 8.75. The number of thioether (sulfide) groups is 1. The van der Waals surface area contributed by atoms with E-state index in [-0.39, 0.29) is 5.91 Å². The molecule has 1 N–H and O–H groups in total. The Morgan fingerprint density at radius 1 is 1.28 bits per heavy atom. The zero-order valence-corrected chi connectivity index (χ0v) is 11.9. The lowest BCUT2D eigenvalue weighted by atomic mass is 10.4. The van der Waals surface area contributed by atoms with E-state index in [0.717, 1.165) is 9.77 Å². The van der Waals surface area contributed by atoms with E-state index in [9.17, 15) is 4.79 Å². The first kappa shape index (κ1) is 13.5. The van der Waals surface area contributed by atoms with Crippen molar-refractivity contribution in [3.63, 3.8) is 0 Å². The van der Waals surface area contributed by atoms with Crippen LogP contribution in [0.1, 0.15) is 4.88 Å². The van der Waals surface area contributed by atoms with Crippen molar-refractivity contribution in [3.05, 3.63) is 51.7 Å². The van der Waals surface area contributed by atoms with Gasteiger partial charge in [0.25, 0.3) is 0 Å². The van der Waals surface area contributed by atoms with Gasteiger partial charge in [0, 0.05) is 9.77 Å². The van der Waals surface area contributed by atoms with Gasteiger partial charge in [-0.15, -0.1) is 23.1 Å². The van der Waals surface area contributed by atoms with Gasteiger partial charge in [-0.1, -0.05) is 29.8 Å². The summed E-state index contributed by atoms with van der Waals surface area (Å²) in [6, 6.07) is 11.5. The molecule has 0 saturated carbocycles. The second-order valence-electron chi connectivity index (χ2n) is 3.58.